The molecule has 1 aromatic carbocycles. The Morgan fingerprint density at radius 3 is 2.63 bits per heavy atom. The molecule has 1 amide bonds. The second kappa shape index (κ2) is 6.26. The van der Waals surface area contributed by atoms with Gasteiger partial charge in [0, 0.05) is 6.07 Å². The number of anilines is 1. The lowest BCUT2D eigenvalue weighted by molar-refractivity contribution is -0.137. The highest BCUT2D eigenvalue weighted by atomic mass is 19.4. The first-order valence-electron chi connectivity index (χ1n) is 5.22. The zero-order valence-corrected chi connectivity index (χ0v) is 9.97. The molecule has 0 aromatic heterocycles. The lowest BCUT2D eigenvalue weighted by Gasteiger charge is -2.11. The summed E-state index contributed by atoms with van der Waals surface area (Å²) in [6, 6.07) is 3.80. The summed E-state index contributed by atoms with van der Waals surface area (Å²) in [5.41, 5.74) is -0.0264. The fourth-order valence-electron chi connectivity index (χ4n) is 1.20. The molecule has 0 spiro atoms. The highest BCUT2D eigenvalue weighted by Gasteiger charge is 2.27. The zero-order chi connectivity index (χ0) is 14.5. The van der Waals surface area contributed by atoms with Gasteiger partial charge in [-0.25, -0.2) is 4.39 Å². The number of benzene rings is 1. The van der Waals surface area contributed by atoms with E-state index >= 15 is 0 Å². The van der Waals surface area contributed by atoms with Crippen molar-refractivity contribution in [2.24, 2.45) is 0 Å². The van der Waals surface area contributed by atoms with Crippen LogP contribution in [0.15, 0.2) is 18.2 Å². The number of hydrogen-bond acceptors (Lipinski definition) is 3. The summed E-state index contributed by atoms with van der Waals surface area (Å²) in [6.07, 6.45) is -4.48. The Balaban J connectivity index is 2.50. The molecule has 106 valence electrons. The van der Waals surface area contributed by atoms with Gasteiger partial charge in [-0.15, -0.1) is 0 Å². The minimum absolute atomic E-state index is 0.0264. The van der Waals surface area contributed by atoms with Gasteiger partial charge in [-0.05, 0) is 12.1 Å². The first-order chi connectivity index (χ1) is 8.81. The van der Waals surface area contributed by atoms with Crippen LogP contribution in [0.5, 0.6) is 5.75 Å². The van der Waals surface area contributed by atoms with E-state index in [0.29, 0.717) is 5.75 Å². The Hall–Kier alpha value is -1.99. The first kappa shape index (κ1) is 15.1. The van der Waals surface area contributed by atoms with Gasteiger partial charge in [0.25, 0.3) is 0 Å². The van der Waals surface area contributed by atoms with Crippen LogP contribution in [0.3, 0.4) is 0 Å². The Bertz CT molecular complexity index is 449. The standard InChI is InChI=1S/C11H12F4N2O2/c1-19-7-2-3-8(12)9(4-7)16-5-10(18)17-6-11(13,14)15/h2-4,16H,5-6H2,1H3,(H,17,18). The van der Waals surface area contributed by atoms with Gasteiger partial charge >= 0.3 is 6.18 Å². The highest BCUT2D eigenvalue weighted by molar-refractivity contribution is 5.80. The van der Waals surface area contributed by atoms with Gasteiger partial charge in [-0.1, -0.05) is 0 Å². The van der Waals surface area contributed by atoms with Gasteiger partial charge in [0.2, 0.25) is 5.91 Å². The average molecular weight is 280 g/mol. The predicted octanol–water partition coefficient (Wildman–Crippen LogP) is 1.92. The van der Waals surface area contributed by atoms with Crippen LogP contribution in [0.4, 0.5) is 23.2 Å². The number of ether oxygens (including phenoxy) is 1. The monoisotopic (exact) mass is 280 g/mol. The van der Waals surface area contributed by atoms with Gasteiger partial charge < -0.3 is 15.4 Å². The van der Waals surface area contributed by atoms with Crippen LogP contribution in [-0.2, 0) is 4.79 Å². The van der Waals surface area contributed by atoms with Gasteiger partial charge in [0.15, 0.2) is 0 Å². The minimum Gasteiger partial charge on any atom is -0.497 e. The van der Waals surface area contributed by atoms with E-state index in [1.807, 2.05) is 0 Å². The number of carbonyl (C=O) groups is 1. The molecule has 0 radical (unpaired) electrons. The van der Waals surface area contributed by atoms with Crippen LogP contribution >= 0.6 is 0 Å². The molecule has 0 aliphatic carbocycles. The summed E-state index contributed by atoms with van der Waals surface area (Å²) in [4.78, 5) is 11.1. The molecule has 0 saturated carbocycles. The van der Waals surface area contributed by atoms with Crippen molar-refractivity contribution >= 4 is 11.6 Å². The quantitative estimate of drug-likeness (QED) is 0.810. The second-order valence-electron chi connectivity index (χ2n) is 3.59. The average Bonchev–Trinajstić information content (AvgIpc) is 2.34. The largest absolute Gasteiger partial charge is 0.497 e. The second-order valence-corrected chi connectivity index (χ2v) is 3.59. The smallest absolute Gasteiger partial charge is 0.405 e. The van der Waals surface area contributed by atoms with Crippen LogP contribution in [0, 0.1) is 5.82 Å². The van der Waals surface area contributed by atoms with E-state index in [9.17, 15) is 22.4 Å². The molecule has 0 aliphatic rings. The maximum Gasteiger partial charge on any atom is 0.405 e. The number of carbonyl (C=O) groups excluding carboxylic acids is 1. The van der Waals surface area contributed by atoms with E-state index in [-0.39, 0.29) is 5.69 Å². The van der Waals surface area contributed by atoms with Crippen LogP contribution in [0.25, 0.3) is 0 Å². The fraction of sp³-hybridized carbons (Fsp3) is 0.364. The van der Waals surface area contributed by atoms with Crippen LogP contribution in [0.2, 0.25) is 0 Å². The number of nitrogens with one attached hydrogen (secondary N) is 2. The van der Waals surface area contributed by atoms with Crippen molar-refractivity contribution in [1.29, 1.82) is 0 Å². The van der Waals surface area contributed by atoms with Crippen molar-refractivity contribution in [1.82, 2.24) is 5.32 Å². The lowest BCUT2D eigenvalue weighted by Crippen LogP contribution is -2.37. The van der Waals surface area contributed by atoms with E-state index in [2.05, 4.69) is 5.32 Å². The third kappa shape index (κ3) is 5.45. The molecule has 1 aromatic rings. The maximum atomic E-state index is 13.3. The maximum absolute atomic E-state index is 13.3. The molecule has 19 heavy (non-hydrogen) atoms. The lowest BCUT2D eigenvalue weighted by atomic mass is 10.3. The van der Waals surface area contributed by atoms with Crippen molar-refractivity contribution in [2.45, 2.75) is 6.18 Å². The molecule has 0 bridgehead atoms. The van der Waals surface area contributed by atoms with E-state index in [0.717, 1.165) is 6.07 Å². The summed E-state index contributed by atoms with van der Waals surface area (Å²) in [6.45, 7) is -1.89. The van der Waals surface area contributed by atoms with Crippen LogP contribution < -0.4 is 15.4 Å². The van der Waals surface area contributed by atoms with Crippen LogP contribution in [0.1, 0.15) is 0 Å². The van der Waals surface area contributed by atoms with Crippen molar-refractivity contribution in [3.63, 3.8) is 0 Å². The third-order valence-electron chi connectivity index (χ3n) is 2.10. The molecular formula is C11H12F4N2O2. The summed E-state index contributed by atoms with van der Waals surface area (Å²) in [5, 5.41) is 4.05. The summed E-state index contributed by atoms with van der Waals surface area (Å²) >= 11 is 0. The predicted molar refractivity (Wildman–Crippen MR) is 60.5 cm³/mol. The molecule has 2 N–H and O–H groups in total. The third-order valence-corrected chi connectivity index (χ3v) is 2.10. The molecule has 0 heterocycles. The Morgan fingerprint density at radius 2 is 2.05 bits per heavy atom. The van der Waals surface area contributed by atoms with Crippen molar-refractivity contribution in [3.05, 3.63) is 24.0 Å². The minimum atomic E-state index is -4.48. The Morgan fingerprint density at radius 1 is 1.37 bits per heavy atom. The molecule has 0 atom stereocenters. The molecule has 8 heteroatoms. The van der Waals surface area contributed by atoms with Crippen LogP contribution in [-0.4, -0.2) is 32.3 Å². The zero-order valence-electron chi connectivity index (χ0n) is 9.97. The van der Waals surface area contributed by atoms with Crippen molar-refractivity contribution < 1.29 is 27.1 Å². The Kier molecular flexibility index (Phi) is 4.96. The number of amides is 1. The highest BCUT2D eigenvalue weighted by Crippen LogP contribution is 2.20. The molecule has 0 fully saturated rings. The van der Waals surface area contributed by atoms with Crippen molar-refractivity contribution in [3.8, 4) is 5.75 Å². The molecule has 1 rings (SSSR count). The van der Waals surface area contributed by atoms with E-state index in [1.54, 1.807) is 5.32 Å². The van der Waals surface area contributed by atoms with Gasteiger partial charge in [0.05, 0.1) is 19.3 Å². The van der Waals surface area contributed by atoms with E-state index in [1.165, 1.54) is 19.2 Å². The first-order valence-corrected chi connectivity index (χ1v) is 5.22. The summed E-state index contributed by atoms with van der Waals surface area (Å²) in [5.74, 6) is -1.16. The Labute approximate surface area is 106 Å². The molecular weight excluding hydrogens is 268 g/mol. The molecule has 0 aliphatic heterocycles. The summed E-state index contributed by atoms with van der Waals surface area (Å²) < 4.78 is 53.6. The number of hydrogen-bond donors (Lipinski definition) is 2. The number of methoxy groups -OCH3 is 1. The fourth-order valence-corrected chi connectivity index (χ4v) is 1.20. The molecule has 4 nitrogen and oxygen atoms in total. The van der Waals surface area contributed by atoms with E-state index in [4.69, 9.17) is 4.74 Å². The van der Waals surface area contributed by atoms with Crippen molar-refractivity contribution in [2.75, 3.05) is 25.5 Å². The normalized spacial score (nSPS) is 11.0. The van der Waals surface area contributed by atoms with Gasteiger partial charge in [-0.3, -0.25) is 4.79 Å². The van der Waals surface area contributed by atoms with E-state index < -0.39 is 31.0 Å². The number of halogens is 4. The number of alkyl halides is 3. The molecule has 0 saturated heterocycles. The van der Waals surface area contributed by atoms with Gasteiger partial charge in [-0.2, -0.15) is 13.2 Å². The van der Waals surface area contributed by atoms with Gasteiger partial charge in [0.1, 0.15) is 18.1 Å². The SMILES string of the molecule is COc1ccc(F)c(NCC(=O)NCC(F)(F)F)c1. The number of rotatable bonds is 5. The molecule has 0 unspecified atom stereocenters. The summed E-state index contributed by atoms with van der Waals surface area (Å²) in [7, 11) is 1.38. The topological polar surface area (TPSA) is 50.4 Å².